The van der Waals surface area contributed by atoms with Gasteiger partial charge in [0, 0.05) is 43.6 Å². The van der Waals surface area contributed by atoms with Crippen LogP contribution < -0.4 is 5.32 Å². The molecule has 6 rings (SSSR count). The molecule has 52 heavy (non-hydrogen) atoms. The molecule has 9 atom stereocenters. The van der Waals surface area contributed by atoms with E-state index in [1.807, 2.05) is 6.07 Å². The zero-order valence-electron chi connectivity index (χ0n) is 30.3. The summed E-state index contributed by atoms with van der Waals surface area (Å²) in [5.41, 5.74) is -4.14. The molecule has 3 aliphatic carbocycles. The number of ketones is 1. The van der Waals surface area contributed by atoms with Crippen molar-refractivity contribution in [3.8, 4) is 0 Å². The molecule has 3 fully saturated rings. The summed E-state index contributed by atoms with van der Waals surface area (Å²) in [4.78, 5) is 67.2. The van der Waals surface area contributed by atoms with Crippen molar-refractivity contribution in [2.75, 3.05) is 6.61 Å². The topological polar surface area (TPSA) is 175 Å². The minimum Gasteiger partial charge on any atom is -0.458 e. The standard InChI is InChI=1S/C40H47NO11/c1-22-28(51-32(45)17-27(25-13-9-7-10-14-25)41-36(47)26-15-11-8-12-16-26)19-39(48)20-29-38(6,30(44)18-31-40(29,21-49-31)52-24(3)43)35(46)34(50-23(2)42)33(22)37(39,4)5/h7-16,27-31,34,44,48H,17-21H2,1-6H3,(H,41,47)/t27-,28+,29?,30+,31-,34-,38+,39-,40-/m1/s1. The fourth-order valence-electron chi connectivity index (χ4n) is 9.11. The van der Waals surface area contributed by atoms with Crippen molar-refractivity contribution in [3.63, 3.8) is 0 Å². The first kappa shape index (κ1) is 37.4. The van der Waals surface area contributed by atoms with Gasteiger partial charge in [-0.3, -0.25) is 24.0 Å². The van der Waals surface area contributed by atoms with Gasteiger partial charge < -0.3 is 34.5 Å². The molecule has 0 aromatic heterocycles. The number of ether oxygens (including phenoxy) is 4. The summed E-state index contributed by atoms with van der Waals surface area (Å²) < 4.78 is 23.7. The quantitative estimate of drug-likeness (QED) is 0.205. The molecule has 1 saturated heterocycles. The number of nitrogens with one attached hydrogen (secondary N) is 1. The fourth-order valence-corrected chi connectivity index (χ4v) is 9.11. The lowest BCUT2D eigenvalue weighted by atomic mass is 9.46. The van der Waals surface area contributed by atoms with E-state index < -0.39 is 82.1 Å². The minimum atomic E-state index is -1.73. The van der Waals surface area contributed by atoms with E-state index in [2.05, 4.69) is 5.32 Å². The van der Waals surface area contributed by atoms with Crippen LogP contribution in [0.1, 0.15) is 89.2 Å². The highest BCUT2D eigenvalue weighted by molar-refractivity contribution is 5.95. The van der Waals surface area contributed by atoms with Gasteiger partial charge in [0.05, 0.1) is 36.2 Å². The fraction of sp³-hybridized carbons (Fsp3) is 0.525. The molecule has 12 heteroatoms. The zero-order valence-corrected chi connectivity index (χ0v) is 30.3. The first-order valence-corrected chi connectivity index (χ1v) is 17.7. The van der Waals surface area contributed by atoms with Crippen LogP contribution >= 0.6 is 0 Å². The Morgan fingerprint density at radius 2 is 1.58 bits per heavy atom. The van der Waals surface area contributed by atoms with Crippen molar-refractivity contribution in [3.05, 3.63) is 82.9 Å². The van der Waals surface area contributed by atoms with Gasteiger partial charge in [-0.25, -0.2) is 0 Å². The van der Waals surface area contributed by atoms with Crippen molar-refractivity contribution < 1.29 is 53.1 Å². The Hall–Kier alpha value is -4.39. The molecule has 1 amide bonds. The molecule has 2 aromatic carbocycles. The van der Waals surface area contributed by atoms with E-state index in [0.29, 0.717) is 16.7 Å². The van der Waals surface area contributed by atoms with Crippen LogP contribution in [0.25, 0.3) is 0 Å². The van der Waals surface area contributed by atoms with Crippen LogP contribution in [-0.4, -0.2) is 82.0 Å². The summed E-state index contributed by atoms with van der Waals surface area (Å²) in [6.45, 7) is 9.10. The molecule has 2 saturated carbocycles. The summed E-state index contributed by atoms with van der Waals surface area (Å²) in [6.07, 6.45) is -5.15. The van der Waals surface area contributed by atoms with Gasteiger partial charge in [0.2, 0.25) is 0 Å². The first-order chi connectivity index (χ1) is 24.4. The predicted molar refractivity (Wildman–Crippen MR) is 185 cm³/mol. The van der Waals surface area contributed by atoms with Crippen molar-refractivity contribution in [2.45, 2.75) is 109 Å². The lowest BCUT2D eigenvalue weighted by Gasteiger charge is -2.65. The van der Waals surface area contributed by atoms with Gasteiger partial charge in [0.25, 0.3) is 5.91 Å². The van der Waals surface area contributed by atoms with Crippen molar-refractivity contribution in [1.29, 1.82) is 0 Å². The number of carbonyl (C=O) groups excluding carboxylic acids is 5. The van der Waals surface area contributed by atoms with E-state index in [0.717, 1.165) is 0 Å². The van der Waals surface area contributed by atoms with Crippen LogP contribution in [0.2, 0.25) is 0 Å². The Labute approximate surface area is 302 Å². The van der Waals surface area contributed by atoms with Crippen LogP contribution in [0.3, 0.4) is 0 Å². The van der Waals surface area contributed by atoms with Gasteiger partial charge in [0.15, 0.2) is 17.5 Å². The molecule has 1 unspecified atom stereocenters. The largest absolute Gasteiger partial charge is 0.458 e. The van der Waals surface area contributed by atoms with E-state index in [1.165, 1.54) is 13.8 Å². The second-order valence-electron chi connectivity index (χ2n) is 15.4. The average molecular weight is 718 g/mol. The molecule has 1 aliphatic heterocycles. The van der Waals surface area contributed by atoms with Crippen LogP contribution in [0, 0.1) is 16.7 Å². The number of esters is 3. The number of benzene rings is 2. The Morgan fingerprint density at radius 3 is 2.15 bits per heavy atom. The third kappa shape index (κ3) is 6.14. The second-order valence-corrected chi connectivity index (χ2v) is 15.4. The molecule has 1 heterocycles. The molecular formula is C40H47NO11. The summed E-state index contributed by atoms with van der Waals surface area (Å²) in [7, 11) is 0. The maximum atomic E-state index is 14.9. The van der Waals surface area contributed by atoms with Crippen molar-refractivity contribution >= 4 is 29.6 Å². The second kappa shape index (κ2) is 13.5. The number of Topliss-reactive ketones (excluding diaryl/α,β-unsaturated/α-hetero) is 1. The van der Waals surface area contributed by atoms with Crippen LogP contribution in [0.15, 0.2) is 71.8 Å². The maximum absolute atomic E-state index is 14.9. The number of aliphatic hydroxyl groups excluding tert-OH is 1. The minimum absolute atomic E-state index is 0.0116. The summed E-state index contributed by atoms with van der Waals surface area (Å²) in [5.74, 6) is -4.00. The number of hydrogen-bond donors (Lipinski definition) is 3. The summed E-state index contributed by atoms with van der Waals surface area (Å²) in [6, 6.07) is 16.9. The number of aliphatic hydroxyl groups is 2. The Kier molecular flexibility index (Phi) is 9.73. The third-order valence-electron chi connectivity index (χ3n) is 12.1. The Balaban J connectivity index is 1.39. The lowest BCUT2D eigenvalue weighted by Crippen LogP contribution is -2.77. The summed E-state index contributed by atoms with van der Waals surface area (Å²) in [5, 5.41) is 27.5. The molecule has 4 aliphatic rings. The molecule has 0 radical (unpaired) electrons. The van der Waals surface area contributed by atoms with Gasteiger partial charge >= 0.3 is 17.9 Å². The number of rotatable bonds is 8. The highest BCUT2D eigenvalue weighted by Gasteiger charge is 2.74. The maximum Gasteiger partial charge on any atom is 0.308 e. The van der Waals surface area contributed by atoms with Crippen LogP contribution in [0.5, 0.6) is 0 Å². The monoisotopic (exact) mass is 717 g/mol. The Morgan fingerprint density at radius 1 is 0.942 bits per heavy atom. The molecule has 0 spiro atoms. The molecule has 2 aromatic rings. The van der Waals surface area contributed by atoms with Gasteiger partial charge in [-0.2, -0.15) is 0 Å². The SMILES string of the molecule is CC(=O)O[C@H]1C(=O)[C@@]2(C)C(C[C@]3(O)C[C@H](OC(=O)C[C@@H](NC(=O)c4ccccc4)c4ccccc4)C(C)=C1C3(C)C)[C@]1(OC(C)=O)CO[C@@H]1C[C@@H]2O. The van der Waals surface area contributed by atoms with Gasteiger partial charge in [-0.05, 0) is 49.1 Å². The van der Waals surface area contributed by atoms with E-state index >= 15 is 0 Å². The summed E-state index contributed by atoms with van der Waals surface area (Å²) >= 11 is 0. The van der Waals surface area contributed by atoms with Crippen molar-refractivity contribution in [2.24, 2.45) is 16.7 Å². The zero-order chi connectivity index (χ0) is 37.8. The van der Waals surface area contributed by atoms with Gasteiger partial charge in [-0.15, -0.1) is 0 Å². The molecule has 12 nitrogen and oxygen atoms in total. The lowest BCUT2D eigenvalue weighted by molar-refractivity contribution is -0.327. The number of amides is 1. The average Bonchev–Trinajstić information content (AvgIpc) is 3.08. The van der Waals surface area contributed by atoms with Crippen LogP contribution in [-0.2, 0) is 38.1 Å². The van der Waals surface area contributed by atoms with E-state index in [1.54, 1.807) is 82.3 Å². The van der Waals surface area contributed by atoms with E-state index in [-0.39, 0.29) is 43.8 Å². The number of hydrogen-bond acceptors (Lipinski definition) is 11. The molecular weight excluding hydrogens is 670 g/mol. The third-order valence-corrected chi connectivity index (χ3v) is 12.1. The Bertz CT molecular complexity index is 1790. The molecule has 2 bridgehead atoms. The normalized spacial score (nSPS) is 33.8. The van der Waals surface area contributed by atoms with Gasteiger partial charge in [-0.1, -0.05) is 62.4 Å². The van der Waals surface area contributed by atoms with E-state index in [9.17, 15) is 34.2 Å². The highest BCUT2D eigenvalue weighted by atomic mass is 16.6. The smallest absolute Gasteiger partial charge is 0.308 e. The van der Waals surface area contributed by atoms with E-state index in [4.69, 9.17) is 18.9 Å². The number of fused-ring (bicyclic) bond motifs is 5. The van der Waals surface area contributed by atoms with Gasteiger partial charge in [0.1, 0.15) is 12.2 Å². The molecule has 278 valence electrons. The highest BCUT2D eigenvalue weighted by Crippen LogP contribution is 2.63. The van der Waals surface area contributed by atoms with Crippen molar-refractivity contribution in [1.82, 2.24) is 5.32 Å². The molecule has 3 N–H and O–H groups in total. The number of carbonyl (C=O) groups is 5. The predicted octanol–water partition coefficient (Wildman–Crippen LogP) is 3.93. The first-order valence-electron chi connectivity index (χ1n) is 17.7. The van der Waals surface area contributed by atoms with Crippen LogP contribution in [0.4, 0.5) is 0 Å².